The molecule has 1 amide bonds. The Morgan fingerprint density at radius 1 is 1.23 bits per heavy atom. The molecule has 1 aromatic carbocycles. The first-order valence-corrected chi connectivity index (χ1v) is 8.53. The van der Waals surface area contributed by atoms with Gasteiger partial charge in [0.25, 0.3) is 0 Å². The van der Waals surface area contributed by atoms with E-state index in [1.165, 1.54) is 4.90 Å². The first-order valence-electron chi connectivity index (χ1n) is 8.53. The number of benzene rings is 1. The lowest BCUT2D eigenvalue weighted by Gasteiger charge is -2.41. The zero-order valence-corrected chi connectivity index (χ0v) is 15.4. The minimum absolute atomic E-state index is 0.247. The Kier molecular flexibility index (Phi) is 5.55. The molecular weight excluding hydrogens is 345 g/mol. The highest BCUT2D eigenvalue weighted by Gasteiger charge is 2.43. The van der Waals surface area contributed by atoms with Crippen LogP contribution in [0.15, 0.2) is 12.1 Å². The number of likely N-dealkylation sites (tertiary alicyclic amines) is 1. The van der Waals surface area contributed by atoms with E-state index in [1.54, 1.807) is 27.7 Å². The molecule has 1 unspecified atom stereocenters. The van der Waals surface area contributed by atoms with Crippen molar-refractivity contribution in [3.8, 4) is 6.07 Å². The fourth-order valence-corrected chi connectivity index (χ4v) is 3.30. The Morgan fingerprint density at radius 2 is 1.73 bits per heavy atom. The van der Waals surface area contributed by atoms with Crippen LogP contribution in [-0.2, 0) is 4.74 Å². The van der Waals surface area contributed by atoms with Crippen molar-refractivity contribution in [3.05, 3.63) is 35.1 Å². The quantitative estimate of drug-likeness (QED) is 0.757. The standard InChI is InChI=1S/C19H23F3N2O2/c1-12(16-14(21)9-13(20)10-15(16)22)19(11-23)5-7-24(8-6-19)17(25)26-18(2,3)4/h9-10,12H,5-8H2,1-4H3. The summed E-state index contributed by atoms with van der Waals surface area (Å²) in [6.45, 7) is 7.34. The summed E-state index contributed by atoms with van der Waals surface area (Å²) in [7, 11) is 0. The van der Waals surface area contributed by atoms with E-state index in [9.17, 15) is 23.2 Å². The number of ether oxygens (including phenoxy) is 1. The lowest BCUT2D eigenvalue weighted by molar-refractivity contribution is 0.0130. The zero-order valence-electron chi connectivity index (χ0n) is 15.4. The summed E-state index contributed by atoms with van der Waals surface area (Å²) in [5.41, 5.74) is -1.97. The van der Waals surface area contributed by atoms with E-state index in [-0.39, 0.29) is 31.5 Å². The van der Waals surface area contributed by atoms with E-state index in [1.807, 2.05) is 0 Å². The van der Waals surface area contributed by atoms with Gasteiger partial charge in [-0.05, 0) is 33.6 Å². The van der Waals surface area contributed by atoms with Crippen molar-refractivity contribution in [2.24, 2.45) is 5.41 Å². The predicted molar refractivity (Wildman–Crippen MR) is 89.8 cm³/mol. The number of piperidine rings is 1. The molecule has 0 spiro atoms. The van der Waals surface area contributed by atoms with Crippen molar-refractivity contribution < 1.29 is 22.7 Å². The maximum absolute atomic E-state index is 14.1. The highest BCUT2D eigenvalue weighted by molar-refractivity contribution is 5.68. The maximum atomic E-state index is 14.1. The van der Waals surface area contributed by atoms with Crippen LogP contribution in [0.4, 0.5) is 18.0 Å². The molecule has 26 heavy (non-hydrogen) atoms. The molecule has 0 radical (unpaired) electrons. The van der Waals surface area contributed by atoms with Crippen molar-refractivity contribution in [2.45, 2.75) is 52.1 Å². The Labute approximate surface area is 151 Å². The highest BCUT2D eigenvalue weighted by Crippen LogP contribution is 2.45. The van der Waals surface area contributed by atoms with Crippen LogP contribution in [0.5, 0.6) is 0 Å². The number of carbonyl (C=O) groups is 1. The first-order chi connectivity index (χ1) is 12.0. The first kappa shape index (κ1) is 20.1. The van der Waals surface area contributed by atoms with Gasteiger partial charge >= 0.3 is 6.09 Å². The van der Waals surface area contributed by atoms with Gasteiger partial charge in [0.1, 0.15) is 23.1 Å². The minimum Gasteiger partial charge on any atom is -0.444 e. The van der Waals surface area contributed by atoms with Gasteiger partial charge in [0, 0.05) is 36.7 Å². The SMILES string of the molecule is CC(c1c(F)cc(F)cc1F)C1(C#N)CCN(C(=O)OC(C)(C)C)CC1. The van der Waals surface area contributed by atoms with E-state index in [0.29, 0.717) is 12.1 Å². The molecule has 142 valence electrons. The molecule has 0 aromatic heterocycles. The van der Waals surface area contributed by atoms with E-state index in [2.05, 4.69) is 6.07 Å². The second-order valence-electron chi connectivity index (χ2n) is 7.74. The number of hydrogen-bond acceptors (Lipinski definition) is 3. The van der Waals surface area contributed by atoms with Crippen LogP contribution < -0.4 is 0 Å². The lowest BCUT2D eigenvalue weighted by Crippen LogP contribution is -2.46. The monoisotopic (exact) mass is 368 g/mol. The van der Waals surface area contributed by atoms with E-state index in [0.717, 1.165) is 0 Å². The molecule has 1 fully saturated rings. The van der Waals surface area contributed by atoms with Crippen LogP contribution in [0.2, 0.25) is 0 Å². The fourth-order valence-electron chi connectivity index (χ4n) is 3.30. The highest BCUT2D eigenvalue weighted by atomic mass is 19.1. The van der Waals surface area contributed by atoms with Crippen molar-refractivity contribution in [2.75, 3.05) is 13.1 Å². The average molecular weight is 368 g/mol. The summed E-state index contributed by atoms with van der Waals surface area (Å²) in [6, 6.07) is 3.43. The minimum atomic E-state index is -1.04. The van der Waals surface area contributed by atoms with Crippen LogP contribution in [0, 0.1) is 34.2 Å². The van der Waals surface area contributed by atoms with Crippen molar-refractivity contribution >= 4 is 6.09 Å². The molecule has 4 nitrogen and oxygen atoms in total. The number of rotatable bonds is 2. The van der Waals surface area contributed by atoms with E-state index in [4.69, 9.17) is 4.74 Å². The van der Waals surface area contributed by atoms with Gasteiger partial charge in [-0.15, -0.1) is 0 Å². The molecule has 0 aliphatic carbocycles. The van der Waals surface area contributed by atoms with Gasteiger partial charge in [0.05, 0.1) is 11.5 Å². The summed E-state index contributed by atoms with van der Waals surface area (Å²) in [5, 5.41) is 9.72. The summed E-state index contributed by atoms with van der Waals surface area (Å²) >= 11 is 0. The zero-order chi connectivity index (χ0) is 19.7. The van der Waals surface area contributed by atoms with Gasteiger partial charge in [-0.25, -0.2) is 18.0 Å². The average Bonchev–Trinajstić information content (AvgIpc) is 2.52. The molecular formula is C19H23F3N2O2. The van der Waals surface area contributed by atoms with Crippen LogP contribution in [0.1, 0.15) is 52.0 Å². The third kappa shape index (κ3) is 4.12. The molecule has 1 aromatic rings. The molecule has 0 bridgehead atoms. The third-order valence-electron chi connectivity index (χ3n) is 4.84. The Hall–Kier alpha value is -2.23. The summed E-state index contributed by atoms with van der Waals surface area (Å²) in [5.74, 6) is -3.78. The maximum Gasteiger partial charge on any atom is 0.410 e. The number of amides is 1. The van der Waals surface area contributed by atoms with Crippen LogP contribution in [0.3, 0.4) is 0 Å². The molecule has 2 rings (SSSR count). The number of carbonyl (C=O) groups excluding carboxylic acids is 1. The molecule has 0 N–H and O–H groups in total. The Morgan fingerprint density at radius 3 is 2.15 bits per heavy atom. The molecule has 1 aliphatic heterocycles. The lowest BCUT2D eigenvalue weighted by atomic mass is 9.68. The summed E-state index contributed by atoms with van der Waals surface area (Å²) < 4.78 is 46.8. The van der Waals surface area contributed by atoms with E-state index < -0.39 is 40.5 Å². The predicted octanol–water partition coefficient (Wildman–Crippen LogP) is 4.75. The number of hydrogen-bond donors (Lipinski definition) is 0. The van der Waals surface area contributed by atoms with Crippen LogP contribution in [-0.4, -0.2) is 29.7 Å². The van der Waals surface area contributed by atoms with E-state index >= 15 is 0 Å². The van der Waals surface area contributed by atoms with Gasteiger partial charge < -0.3 is 9.64 Å². The van der Waals surface area contributed by atoms with Gasteiger partial charge in [0.15, 0.2) is 0 Å². The Balaban J connectivity index is 2.20. The summed E-state index contributed by atoms with van der Waals surface area (Å²) in [4.78, 5) is 13.6. The second-order valence-corrected chi connectivity index (χ2v) is 7.74. The normalized spacial score (nSPS) is 18.2. The smallest absolute Gasteiger partial charge is 0.410 e. The number of halogens is 3. The van der Waals surface area contributed by atoms with Crippen molar-refractivity contribution in [1.82, 2.24) is 4.90 Å². The number of nitrogens with zero attached hydrogens (tertiary/aromatic N) is 2. The number of nitriles is 1. The fraction of sp³-hybridized carbons (Fsp3) is 0.579. The second kappa shape index (κ2) is 7.18. The largest absolute Gasteiger partial charge is 0.444 e. The van der Waals surface area contributed by atoms with Crippen molar-refractivity contribution in [1.29, 1.82) is 5.26 Å². The van der Waals surface area contributed by atoms with Gasteiger partial charge in [-0.1, -0.05) is 6.92 Å². The molecule has 1 atom stereocenters. The Bertz CT molecular complexity index is 706. The molecule has 1 heterocycles. The van der Waals surface area contributed by atoms with Gasteiger partial charge in [0.2, 0.25) is 0 Å². The summed E-state index contributed by atoms with van der Waals surface area (Å²) in [6.07, 6.45) is 0.0243. The van der Waals surface area contributed by atoms with Gasteiger partial charge in [-0.3, -0.25) is 0 Å². The molecule has 7 heteroatoms. The third-order valence-corrected chi connectivity index (χ3v) is 4.84. The van der Waals surface area contributed by atoms with Crippen LogP contribution >= 0.6 is 0 Å². The van der Waals surface area contributed by atoms with Crippen LogP contribution in [0.25, 0.3) is 0 Å². The molecule has 1 saturated heterocycles. The van der Waals surface area contributed by atoms with Crippen molar-refractivity contribution in [3.63, 3.8) is 0 Å². The van der Waals surface area contributed by atoms with Gasteiger partial charge in [-0.2, -0.15) is 5.26 Å². The topological polar surface area (TPSA) is 53.3 Å². The molecule has 1 aliphatic rings. The molecule has 0 saturated carbocycles.